The molecule has 0 heterocycles. The number of ketones is 1. The maximum Gasteiger partial charge on any atom is 0.310 e. The second-order valence-corrected chi connectivity index (χ2v) is 8.67. The molecule has 0 unspecified atom stereocenters. The first-order valence-electron chi connectivity index (χ1n) is 10.5. The predicted molar refractivity (Wildman–Crippen MR) is 117 cm³/mol. The summed E-state index contributed by atoms with van der Waals surface area (Å²) < 4.78 is 5.24. The van der Waals surface area contributed by atoms with Gasteiger partial charge in [-0.3, -0.25) is 30.0 Å². The Hall–Kier alpha value is -3.19. The number of nitrogens with one attached hydrogen (secondary N) is 2. The summed E-state index contributed by atoms with van der Waals surface area (Å²) in [6, 6.07) is 15.1. The molecule has 7 nitrogen and oxygen atoms in total. The van der Waals surface area contributed by atoms with Crippen molar-refractivity contribution in [3.8, 4) is 0 Å². The molecule has 0 aliphatic heterocycles. The van der Waals surface area contributed by atoms with Gasteiger partial charge in [0.1, 0.15) is 0 Å². The van der Waals surface area contributed by atoms with E-state index in [0.29, 0.717) is 16.1 Å². The standard InChI is InChI=1S/C24H23ClN2O5/c25-18-10-8-15(9-11-18)23(30)27-26-19(28)13-32-24(31)21-17-7-6-16(12-17)20(21)22(29)14-4-2-1-3-5-14/h1-5,8-11,16-17,20-21H,6-7,12-13H2,(H,26,28)(H,27,30)/t16-,17-,20-,21-/m0/s1. The fraction of sp³-hybridized carbons (Fsp3) is 0.333. The molecular weight excluding hydrogens is 432 g/mol. The molecule has 0 spiro atoms. The first-order chi connectivity index (χ1) is 15.4. The molecule has 0 radical (unpaired) electrons. The SMILES string of the molecule is O=C(COC(=O)[C@H]1[C@H]2CC[C@@H](C2)[C@@H]1C(=O)c1ccccc1)NNC(=O)c1ccc(Cl)cc1. The van der Waals surface area contributed by atoms with Gasteiger partial charge in [-0.2, -0.15) is 0 Å². The topological polar surface area (TPSA) is 102 Å². The lowest BCUT2D eigenvalue weighted by molar-refractivity contribution is -0.155. The minimum atomic E-state index is -0.672. The molecular formula is C24H23ClN2O5. The Kier molecular flexibility index (Phi) is 6.55. The van der Waals surface area contributed by atoms with Gasteiger partial charge in [0.25, 0.3) is 11.8 Å². The van der Waals surface area contributed by atoms with Gasteiger partial charge in [0.15, 0.2) is 12.4 Å². The van der Waals surface area contributed by atoms with Gasteiger partial charge in [0.05, 0.1) is 5.92 Å². The van der Waals surface area contributed by atoms with Gasteiger partial charge in [-0.1, -0.05) is 41.9 Å². The largest absolute Gasteiger partial charge is 0.455 e. The zero-order valence-electron chi connectivity index (χ0n) is 17.3. The van der Waals surface area contributed by atoms with E-state index in [1.807, 2.05) is 6.07 Å². The number of hydrogen-bond acceptors (Lipinski definition) is 5. The molecule has 2 N–H and O–H groups in total. The Morgan fingerprint density at radius 3 is 2.19 bits per heavy atom. The maximum atomic E-state index is 13.1. The zero-order valence-corrected chi connectivity index (χ0v) is 18.0. The number of hydrazine groups is 1. The molecule has 2 fully saturated rings. The molecule has 2 aromatic carbocycles. The van der Waals surface area contributed by atoms with Crippen LogP contribution in [0, 0.1) is 23.7 Å². The van der Waals surface area contributed by atoms with Crippen molar-refractivity contribution >= 4 is 35.2 Å². The highest BCUT2D eigenvalue weighted by Crippen LogP contribution is 2.53. The fourth-order valence-corrected chi connectivity index (χ4v) is 5.00. The van der Waals surface area contributed by atoms with Crippen molar-refractivity contribution in [2.24, 2.45) is 23.7 Å². The molecule has 166 valence electrons. The van der Waals surface area contributed by atoms with Crippen LogP contribution in [0.25, 0.3) is 0 Å². The van der Waals surface area contributed by atoms with Crippen LogP contribution in [0.1, 0.15) is 40.0 Å². The van der Waals surface area contributed by atoms with E-state index in [4.69, 9.17) is 16.3 Å². The Balaban J connectivity index is 1.31. The number of rotatable bonds is 6. The van der Waals surface area contributed by atoms with Crippen molar-refractivity contribution in [1.29, 1.82) is 0 Å². The third-order valence-corrected chi connectivity index (χ3v) is 6.57. The number of fused-ring (bicyclic) bond motifs is 2. The Labute approximate surface area is 190 Å². The summed E-state index contributed by atoms with van der Waals surface area (Å²) in [7, 11) is 0. The summed E-state index contributed by atoms with van der Waals surface area (Å²) in [5.41, 5.74) is 5.38. The average Bonchev–Trinajstić information content (AvgIpc) is 3.43. The van der Waals surface area contributed by atoms with Gasteiger partial charge in [0.2, 0.25) is 0 Å². The van der Waals surface area contributed by atoms with Crippen molar-refractivity contribution in [3.63, 3.8) is 0 Å². The van der Waals surface area contributed by atoms with Crippen LogP contribution in [0.5, 0.6) is 0 Å². The summed E-state index contributed by atoms with van der Waals surface area (Å²) in [6.45, 7) is -0.542. The summed E-state index contributed by atoms with van der Waals surface area (Å²) in [5.74, 6) is -2.48. The van der Waals surface area contributed by atoms with Gasteiger partial charge in [-0.25, -0.2) is 0 Å². The quantitative estimate of drug-likeness (QED) is 0.396. The number of Topliss-reactive ketones (excluding diaryl/α,β-unsaturated/α-hetero) is 1. The highest BCUT2D eigenvalue weighted by Gasteiger charge is 2.54. The minimum Gasteiger partial charge on any atom is -0.455 e. The first kappa shape index (κ1) is 22.0. The highest BCUT2D eigenvalue weighted by atomic mass is 35.5. The third kappa shape index (κ3) is 4.67. The summed E-state index contributed by atoms with van der Waals surface area (Å²) >= 11 is 5.79. The molecule has 2 aliphatic carbocycles. The molecule has 32 heavy (non-hydrogen) atoms. The molecule has 0 aromatic heterocycles. The van der Waals surface area contributed by atoms with Crippen LogP contribution in [0.2, 0.25) is 5.02 Å². The van der Waals surface area contributed by atoms with E-state index >= 15 is 0 Å². The Morgan fingerprint density at radius 1 is 0.844 bits per heavy atom. The average molecular weight is 455 g/mol. The molecule has 4 rings (SSSR count). The van der Waals surface area contributed by atoms with Gasteiger partial charge in [-0.15, -0.1) is 0 Å². The zero-order chi connectivity index (χ0) is 22.7. The van der Waals surface area contributed by atoms with Crippen LogP contribution in [0.15, 0.2) is 54.6 Å². The van der Waals surface area contributed by atoms with E-state index in [2.05, 4.69) is 10.9 Å². The monoisotopic (exact) mass is 454 g/mol. The van der Waals surface area contributed by atoms with Gasteiger partial charge in [0, 0.05) is 22.1 Å². The van der Waals surface area contributed by atoms with Crippen molar-refractivity contribution in [2.75, 3.05) is 6.61 Å². The van der Waals surface area contributed by atoms with E-state index in [1.165, 1.54) is 12.1 Å². The molecule has 2 amide bonds. The number of esters is 1. The van der Waals surface area contributed by atoms with Crippen LogP contribution < -0.4 is 10.9 Å². The van der Waals surface area contributed by atoms with Crippen molar-refractivity contribution in [2.45, 2.75) is 19.3 Å². The molecule has 2 aliphatic rings. The smallest absolute Gasteiger partial charge is 0.310 e. The van der Waals surface area contributed by atoms with Crippen LogP contribution in [-0.4, -0.2) is 30.2 Å². The lowest BCUT2D eigenvalue weighted by atomic mass is 9.75. The number of benzene rings is 2. The van der Waals surface area contributed by atoms with Gasteiger partial charge >= 0.3 is 5.97 Å². The number of ether oxygens (including phenoxy) is 1. The van der Waals surface area contributed by atoms with E-state index in [-0.39, 0.29) is 17.6 Å². The Morgan fingerprint density at radius 2 is 1.50 bits per heavy atom. The molecule has 8 heteroatoms. The number of amides is 2. The fourth-order valence-electron chi connectivity index (χ4n) is 4.87. The van der Waals surface area contributed by atoms with Crippen molar-refractivity contribution in [3.05, 3.63) is 70.7 Å². The second-order valence-electron chi connectivity index (χ2n) is 8.23. The maximum absolute atomic E-state index is 13.1. The van der Waals surface area contributed by atoms with Crippen LogP contribution >= 0.6 is 11.6 Å². The molecule has 4 atom stereocenters. The van der Waals surface area contributed by atoms with E-state index in [0.717, 1.165) is 19.3 Å². The number of carbonyl (C=O) groups excluding carboxylic acids is 4. The van der Waals surface area contributed by atoms with Crippen molar-refractivity contribution < 1.29 is 23.9 Å². The molecule has 2 saturated carbocycles. The normalized spacial score (nSPS) is 23.4. The Bertz CT molecular complexity index is 1020. The van der Waals surface area contributed by atoms with Gasteiger partial charge in [-0.05, 0) is 55.4 Å². The van der Waals surface area contributed by atoms with Crippen molar-refractivity contribution in [1.82, 2.24) is 10.9 Å². The number of halogens is 1. The summed E-state index contributed by atoms with van der Waals surface area (Å²) in [4.78, 5) is 50.0. The van der Waals surface area contributed by atoms with Crippen LogP contribution in [0.4, 0.5) is 0 Å². The van der Waals surface area contributed by atoms with Crippen LogP contribution in [-0.2, 0) is 14.3 Å². The summed E-state index contributed by atoms with van der Waals surface area (Å²) in [5, 5.41) is 0.488. The predicted octanol–water partition coefficient (Wildman–Crippen LogP) is 3.19. The van der Waals surface area contributed by atoms with E-state index < -0.39 is 36.2 Å². The molecule has 2 bridgehead atoms. The molecule has 0 saturated heterocycles. The minimum absolute atomic E-state index is 0.0422. The highest BCUT2D eigenvalue weighted by molar-refractivity contribution is 6.30. The van der Waals surface area contributed by atoms with E-state index in [9.17, 15) is 19.2 Å². The van der Waals surface area contributed by atoms with Crippen LogP contribution in [0.3, 0.4) is 0 Å². The second kappa shape index (κ2) is 9.53. The lowest BCUT2D eigenvalue weighted by Gasteiger charge is -2.28. The first-order valence-corrected chi connectivity index (χ1v) is 10.9. The number of hydrogen-bond donors (Lipinski definition) is 2. The number of carbonyl (C=O) groups is 4. The van der Waals surface area contributed by atoms with E-state index in [1.54, 1.807) is 36.4 Å². The lowest BCUT2D eigenvalue weighted by Crippen LogP contribution is -2.44. The third-order valence-electron chi connectivity index (χ3n) is 6.32. The molecule has 2 aromatic rings. The van der Waals surface area contributed by atoms with Gasteiger partial charge < -0.3 is 4.74 Å². The summed E-state index contributed by atoms with van der Waals surface area (Å²) in [6.07, 6.45) is 2.63.